The predicted molar refractivity (Wildman–Crippen MR) is 40.6 cm³/mol. The molecule has 0 saturated carbocycles. The summed E-state index contributed by atoms with van der Waals surface area (Å²) in [5.74, 6) is -0.0573. The molecule has 12 heavy (non-hydrogen) atoms. The first-order valence-electron chi connectivity index (χ1n) is 2.93. The zero-order valence-electron chi connectivity index (χ0n) is 5.78. The summed E-state index contributed by atoms with van der Waals surface area (Å²) < 4.78 is 36.1. The summed E-state index contributed by atoms with van der Waals surface area (Å²) in [5, 5.41) is 8.75. The highest BCUT2D eigenvalue weighted by Gasteiger charge is 2.00. The highest BCUT2D eigenvalue weighted by atomic mass is 32.3. The van der Waals surface area contributed by atoms with E-state index in [2.05, 4.69) is 4.36 Å². The van der Waals surface area contributed by atoms with Gasteiger partial charge in [0.2, 0.25) is 0 Å². The van der Waals surface area contributed by atoms with Crippen LogP contribution in [0.4, 0.5) is 13.5 Å². The molecule has 0 aliphatic heterocycles. The van der Waals surface area contributed by atoms with E-state index in [9.17, 15) is 12.0 Å². The number of hydrogen-bond donors (Lipinski definition) is 1. The Labute approximate surface area is 68.4 Å². The number of hydrogen-bond acceptors (Lipinski definition) is 3. The molecule has 6 heteroatoms. The van der Waals surface area contributed by atoms with Gasteiger partial charge < -0.3 is 5.11 Å². The van der Waals surface area contributed by atoms with Crippen molar-refractivity contribution < 1.29 is 17.1 Å². The summed E-state index contributed by atoms with van der Waals surface area (Å²) in [5.41, 5.74) is -0.122. The number of rotatable bonds is 1. The third kappa shape index (κ3) is 2.83. The van der Waals surface area contributed by atoms with Gasteiger partial charge in [0.05, 0.1) is 5.69 Å². The van der Waals surface area contributed by atoms with Gasteiger partial charge in [-0.15, -0.1) is 4.36 Å². The van der Waals surface area contributed by atoms with Crippen LogP contribution in [0.5, 0.6) is 5.75 Å². The number of halogens is 2. The minimum atomic E-state index is -5.10. The van der Waals surface area contributed by atoms with E-state index in [0.29, 0.717) is 0 Å². The molecule has 0 spiro atoms. The van der Waals surface area contributed by atoms with E-state index in [0.717, 1.165) is 12.1 Å². The molecule has 0 heterocycles. The summed E-state index contributed by atoms with van der Waals surface area (Å²) in [6.07, 6.45) is 0. The molecule has 0 amide bonds. The lowest BCUT2D eigenvalue weighted by atomic mass is 10.3. The summed E-state index contributed by atoms with van der Waals surface area (Å²) in [4.78, 5) is 0. The van der Waals surface area contributed by atoms with E-state index in [1.54, 1.807) is 0 Å². The summed E-state index contributed by atoms with van der Waals surface area (Å²) in [6.45, 7) is 0. The van der Waals surface area contributed by atoms with Gasteiger partial charge in [0.1, 0.15) is 5.75 Å². The molecule has 0 saturated heterocycles. The molecular formula is C6H5F2NO2S. The number of phenolic OH excluding ortho intramolecular Hbond substituents is 1. The molecule has 0 radical (unpaired) electrons. The van der Waals surface area contributed by atoms with Crippen LogP contribution in [0.3, 0.4) is 0 Å². The molecular weight excluding hydrogens is 188 g/mol. The Bertz CT molecular complexity index is 373. The van der Waals surface area contributed by atoms with Crippen LogP contribution < -0.4 is 0 Å². The summed E-state index contributed by atoms with van der Waals surface area (Å²) in [6, 6.07) is 4.66. The van der Waals surface area contributed by atoms with E-state index in [4.69, 9.17) is 5.11 Å². The van der Waals surface area contributed by atoms with Crippen LogP contribution in [0.2, 0.25) is 0 Å². The molecule has 0 aromatic heterocycles. The zero-order valence-corrected chi connectivity index (χ0v) is 6.59. The molecule has 0 fully saturated rings. The van der Waals surface area contributed by atoms with Crippen LogP contribution in [0.1, 0.15) is 0 Å². The van der Waals surface area contributed by atoms with E-state index < -0.39 is 10.5 Å². The lowest BCUT2D eigenvalue weighted by Gasteiger charge is -1.92. The van der Waals surface area contributed by atoms with Crippen LogP contribution in [0, 0.1) is 0 Å². The van der Waals surface area contributed by atoms with Crippen molar-refractivity contribution in [3.8, 4) is 5.75 Å². The SMILES string of the molecule is O=S(F)(F)=Nc1ccc(O)cc1. The first-order valence-corrected chi connectivity index (χ1v) is 4.24. The Morgan fingerprint density at radius 1 is 1.25 bits per heavy atom. The van der Waals surface area contributed by atoms with Crippen molar-refractivity contribution in [2.75, 3.05) is 0 Å². The highest BCUT2D eigenvalue weighted by Crippen LogP contribution is 2.19. The first-order chi connectivity index (χ1) is 5.47. The van der Waals surface area contributed by atoms with Crippen LogP contribution >= 0.6 is 0 Å². The molecule has 0 unspecified atom stereocenters. The normalized spacial score (nSPS) is 11.2. The molecule has 3 nitrogen and oxygen atoms in total. The summed E-state index contributed by atoms with van der Waals surface area (Å²) >= 11 is 0. The van der Waals surface area contributed by atoms with Gasteiger partial charge in [-0.05, 0) is 24.3 Å². The third-order valence-electron chi connectivity index (χ3n) is 1.06. The highest BCUT2D eigenvalue weighted by molar-refractivity contribution is 7.83. The van der Waals surface area contributed by atoms with Gasteiger partial charge in [0, 0.05) is 0 Å². The van der Waals surface area contributed by atoms with Gasteiger partial charge in [0.15, 0.2) is 0 Å². The smallest absolute Gasteiger partial charge is 0.371 e. The predicted octanol–water partition coefficient (Wildman–Crippen LogP) is 2.26. The maximum atomic E-state index is 11.8. The fraction of sp³-hybridized carbons (Fsp3) is 0. The van der Waals surface area contributed by atoms with Gasteiger partial charge in [-0.3, -0.25) is 0 Å². The number of aromatic hydroxyl groups is 1. The Balaban J connectivity index is 3.08. The van der Waals surface area contributed by atoms with Crippen molar-refractivity contribution >= 4 is 16.2 Å². The number of benzene rings is 1. The van der Waals surface area contributed by atoms with Crippen molar-refractivity contribution in [2.24, 2.45) is 4.36 Å². The van der Waals surface area contributed by atoms with Crippen molar-refractivity contribution in [3.63, 3.8) is 0 Å². The lowest BCUT2D eigenvalue weighted by Crippen LogP contribution is -1.74. The maximum absolute atomic E-state index is 11.8. The van der Waals surface area contributed by atoms with E-state index in [1.165, 1.54) is 12.1 Å². The number of phenols is 1. The molecule has 1 aromatic rings. The standard InChI is InChI=1S/C6H5F2NO2S/c7-12(8,11)9-5-1-3-6(10)4-2-5/h1-4,10H. The van der Waals surface area contributed by atoms with Gasteiger partial charge in [-0.2, -0.15) is 4.21 Å². The van der Waals surface area contributed by atoms with Gasteiger partial charge >= 0.3 is 10.5 Å². The lowest BCUT2D eigenvalue weighted by molar-refractivity contribution is 0.475. The Hall–Kier alpha value is -1.17. The molecule has 1 N–H and O–H groups in total. The average Bonchev–Trinajstić information content (AvgIpc) is 1.91. The van der Waals surface area contributed by atoms with E-state index in [1.807, 2.05) is 0 Å². The Morgan fingerprint density at radius 2 is 1.75 bits per heavy atom. The van der Waals surface area contributed by atoms with Gasteiger partial charge in [0.25, 0.3) is 0 Å². The van der Waals surface area contributed by atoms with Crippen molar-refractivity contribution in [2.45, 2.75) is 0 Å². The molecule has 0 atom stereocenters. The van der Waals surface area contributed by atoms with Gasteiger partial charge in [-0.1, -0.05) is 7.77 Å². The molecule has 1 aromatic carbocycles. The zero-order chi connectivity index (χ0) is 9.19. The minimum Gasteiger partial charge on any atom is -0.508 e. The fourth-order valence-corrected chi connectivity index (χ4v) is 1.00. The molecule has 0 aliphatic rings. The van der Waals surface area contributed by atoms with Crippen LogP contribution in [-0.2, 0) is 10.5 Å². The monoisotopic (exact) mass is 193 g/mol. The number of nitrogens with zero attached hydrogens (tertiary/aromatic N) is 1. The second kappa shape index (κ2) is 3.06. The first kappa shape index (κ1) is 8.92. The fourth-order valence-electron chi connectivity index (χ4n) is 0.636. The summed E-state index contributed by atoms with van der Waals surface area (Å²) in [7, 11) is -5.10. The topological polar surface area (TPSA) is 49.7 Å². The minimum absolute atomic E-state index is 0.0573. The van der Waals surface area contributed by atoms with Crippen LogP contribution in [-0.4, -0.2) is 9.32 Å². The Morgan fingerprint density at radius 3 is 2.17 bits per heavy atom. The average molecular weight is 193 g/mol. The molecule has 0 aliphatic carbocycles. The van der Waals surface area contributed by atoms with Gasteiger partial charge in [-0.25, -0.2) is 0 Å². The maximum Gasteiger partial charge on any atom is 0.371 e. The molecule has 0 bridgehead atoms. The van der Waals surface area contributed by atoms with Crippen molar-refractivity contribution in [1.29, 1.82) is 0 Å². The van der Waals surface area contributed by atoms with Crippen LogP contribution in [0.25, 0.3) is 0 Å². The molecule has 1 rings (SSSR count). The quantitative estimate of drug-likeness (QED) is 0.695. The van der Waals surface area contributed by atoms with Crippen molar-refractivity contribution in [3.05, 3.63) is 24.3 Å². The Kier molecular flexibility index (Phi) is 2.27. The third-order valence-corrected chi connectivity index (χ3v) is 1.48. The van der Waals surface area contributed by atoms with Crippen LogP contribution in [0.15, 0.2) is 28.6 Å². The largest absolute Gasteiger partial charge is 0.508 e. The second-order valence-electron chi connectivity index (χ2n) is 2.00. The molecule has 66 valence electrons. The van der Waals surface area contributed by atoms with E-state index >= 15 is 0 Å². The second-order valence-corrected chi connectivity index (χ2v) is 2.98. The van der Waals surface area contributed by atoms with E-state index in [-0.39, 0.29) is 11.4 Å². The van der Waals surface area contributed by atoms with Crippen molar-refractivity contribution in [1.82, 2.24) is 0 Å².